The summed E-state index contributed by atoms with van der Waals surface area (Å²) in [6.07, 6.45) is 2.23. The number of carbonyl (C=O) groups excluding carboxylic acids is 3. The molecule has 0 bridgehead atoms. The van der Waals surface area contributed by atoms with Gasteiger partial charge in [-0.25, -0.2) is 0 Å². The molecule has 0 aliphatic heterocycles. The second-order valence-electron chi connectivity index (χ2n) is 6.97. The molecule has 28 heavy (non-hydrogen) atoms. The second-order valence-corrected chi connectivity index (χ2v) is 6.97. The van der Waals surface area contributed by atoms with Crippen molar-refractivity contribution in [3.8, 4) is 0 Å². The smallest absolute Gasteiger partial charge is 0.251 e. The normalized spacial score (nSPS) is 12.9. The van der Waals surface area contributed by atoms with Crippen LogP contribution < -0.4 is 10.6 Å². The quantitative estimate of drug-likeness (QED) is 0.735. The van der Waals surface area contributed by atoms with E-state index in [-0.39, 0.29) is 36.7 Å². The summed E-state index contributed by atoms with van der Waals surface area (Å²) in [6.45, 7) is 0.477. The first-order valence-corrected chi connectivity index (χ1v) is 9.48. The van der Waals surface area contributed by atoms with E-state index >= 15 is 0 Å². The molecule has 6 heteroatoms. The van der Waals surface area contributed by atoms with Crippen molar-refractivity contribution in [3.63, 3.8) is 0 Å². The SMILES string of the molecule is CNC(=O)c1ccc(CN(C(=O)CNC(=O)Cc2ccccc2)C2CC2)cc1. The van der Waals surface area contributed by atoms with E-state index in [2.05, 4.69) is 10.6 Å². The minimum Gasteiger partial charge on any atom is -0.355 e. The van der Waals surface area contributed by atoms with Gasteiger partial charge in [-0.2, -0.15) is 0 Å². The van der Waals surface area contributed by atoms with Gasteiger partial charge in [0.1, 0.15) is 0 Å². The summed E-state index contributed by atoms with van der Waals surface area (Å²) in [7, 11) is 1.59. The maximum atomic E-state index is 12.7. The number of benzene rings is 2. The molecule has 1 saturated carbocycles. The van der Waals surface area contributed by atoms with E-state index < -0.39 is 0 Å². The third kappa shape index (κ3) is 5.42. The number of hydrogen-bond donors (Lipinski definition) is 2. The minimum atomic E-state index is -0.162. The van der Waals surface area contributed by atoms with Crippen LogP contribution in [0.25, 0.3) is 0 Å². The average molecular weight is 379 g/mol. The van der Waals surface area contributed by atoms with Crippen molar-refractivity contribution in [2.75, 3.05) is 13.6 Å². The highest BCUT2D eigenvalue weighted by molar-refractivity contribution is 5.94. The minimum absolute atomic E-state index is 0.00150. The molecule has 6 nitrogen and oxygen atoms in total. The number of hydrogen-bond acceptors (Lipinski definition) is 3. The number of nitrogens with one attached hydrogen (secondary N) is 2. The molecule has 0 radical (unpaired) electrons. The molecule has 3 amide bonds. The van der Waals surface area contributed by atoms with Gasteiger partial charge >= 0.3 is 0 Å². The highest BCUT2D eigenvalue weighted by Gasteiger charge is 2.32. The molecule has 0 aromatic heterocycles. The monoisotopic (exact) mass is 379 g/mol. The van der Waals surface area contributed by atoms with E-state index in [0.29, 0.717) is 12.1 Å². The van der Waals surface area contributed by atoms with Crippen LogP contribution in [-0.4, -0.2) is 42.3 Å². The lowest BCUT2D eigenvalue weighted by atomic mass is 10.1. The molecule has 0 unspecified atom stereocenters. The molecule has 0 heterocycles. The van der Waals surface area contributed by atoms with E-state index in [0.717, 1.165) is 24.0 Å². The first-order chi connectivity index (χ1) is 13.6. The van der Waals surface area contributed by atoms with Crippen molar-refractivity contribution in [1.82, 2.24) is 15.5 Å². The maximum Gasteiger partial charge on any atom is 0.251 e. The molecule has 1 aliphatic rings. The summed E-state index contributed by atoms with van der Waals surface area (Å²) in [5, 5.41) is 5.32. The standard InChI is InChI=1S/C22H25N3O3/c1-23-22(28)18-9-7-17(8-10-18)15-25(19-11-12-19)21(27)14-24-20(26)13-16-5-3-2-4-6-16/h2-10,19H,11-15H2,1H3,(H,23,28)(H,24,26). The molecule has 2 aromatic rings. The largest absolute Gasteiger partial charge is 0.355 e. The van der Waals surface area contributed by atoms with Crippen LogP contribution in [0.2, 0.25) is 0 Å². The molecule has 0 atom stereocenters. The summed E-state index contributed by atoms with van der Waals surface area (Å²) in [6, 6.07) is 16.9. The third-order valence-electron chi connectivity index (χ3n) is 4.75. The predicted octanol–water partition coefficient (Wildman–Crippen LogP) is 1.90. The fourth-order valence-electron chi connectivity index (χ4n) is 3.03. The van der Waals surface area contributed by atoms with Crippen molar-refractivity contribution in [2.45, 2.75) is 31.8 Å². The topological polar surface area (TPSA) is 78.5 Å². The van der Waals surface area contributed by atoms with Gasteiger partial charge in [0, 0.05) is 25.2 Å². The number of nitrogens with zero attached hydrogens (tertiary/aromatic N) is 1. The highest BCUT2D eigenvalue weighted by Crippen LogP contribution is 2.28. The Morgan fingerprint density at radius 1 is 0.964 bits per heavy atom. The number of rotatable bonds is 8. The van der Waals surface area contributed by atoms with Gasteiger partial charge in [0.05, 0.1) is 13.0 Å². The molecule has 0 saturated heterocycles. The molecular weight excluding hydrogens is 354 g/mol. The predicted molar refractivity (Wildman–Crippen MR) is 107 cm³/mol. The van der Waals surface area contributed by atoms with Gasteiger partial charge in [-0.1, -0.05) is 42.5 Å². The molecule has 2 N–H and O–H groups in total. The van der Waals surface area contributed by atoms with Crippen LogP contribution in [0.4, 0.5) is 0 Å². The van der Waals surface area contributed by atoms with Gasteiger partial charge in [0.25, 0.3) is 5.91 Å². The van der Waals surface area contributed by atoms with Gasteiger partial charge in [-0.3, -0.25) is 14.4 Å². The van der Waals surface area contributed by atoms with Gasteiger partial charge < -0.3 is 15.5 Å². The van der Waals surface area contributed by atoms with Crippen molar-refractivity contribution < 1.29 is 14.4 Å². The van der Waals surface area contributed by atoms with Crippen LogP contribution in [0.5, 0.6) is 0 Å². The first kappa shape index (κ1) is 19.6. The molecular formula is C22H25N3O3. The molecule has 0 spiro atoms. The van der Waals surface area contributed by atoms with E-state index in [9.17, 15) is 14.4 Å². The van der Waals surface area contributed by atoms with Crippen LogP contribution in [0, 0.1) is 0 Å². The molecule has 3 rings (SSSR count). The zero-order chi connectivity index (χ0) is 19.9. The zero-order valence-electron chi connectivity index (χ0n) is 16.0. The summed E-state index contributed by atoms with van der Waals surface area (Å²) in [5.74, 6) is -0.382. The number of amides is 3. The van der Waals surface area contributed by atoms with Crippen molar-refractivity contribution >= 4 is 17.7 Å². The Hall–Kier alpha value is -3.15. The lowest BCUT2D eigenvalue weighted by Gasteiger charge is -2.23. The summed E-state index contributed by atoms with van der Waals surface area (Å²) in [5.41, 5.74) is 2.47. The van der Waals surface area contributed by atoms with Gasteiger partial charge in [0.2, 0.25) is 11.8 Å². The van der Waals surface area contributed by atoms with E-state index in [4.69, 9.17) is 0 Å². The third-order valence-corrected chi connectivity index (χ3v) is 4.75. The van der Waals surface area contributed by atoms with Gasteiger partial charge in [-0.15, -0.1) is 0 Å². The Bertz CT molecular complexity index is 830. The lowest BCUT2D eigenvalue weighted by Crippen LogP contribution is -2.41. The molecule has 1 aliphatic carbocycles. The van der Waals surface area contributed by atoms with Gasteiger partial charge in [-0.05, 0) is 36.1 Å². The molecule has 1 fully saturated rings. The lowest BCUT2D eigenvalue weighted by molar-refractivity contribution is -0.133. The average Bonchev–Trinajstić information content (AvgIpc) is 3.56. The summed E-state index contributed by atoms with van der Waals surface area (Å²) < 4.78 is 0. The Kier molecular flexibility index (Phi) is 6.42. The van der Waals surface area contributed by atoms with Gasteiger partial charge in [0.15, 0.2) is 0 Å². The van der Waals surface area contributed by atoms with E-state index in [1.807, 2.05) is 47.4 Å². The number of carbonyl (C=O) groups is 3. The van der Waals surface area contributed by atoms with Crippen LogP contribution in [0.3, 0.4) is 0 Å². The summed E-state index contributed by atoms with van der Waals surface area (Å²) >= 11 is 0. The van der Waals surface area contributed by atoms with Crippen molar-refractivity contribution in [2.24, 2.45) is 0 Å². The Balaban J connectivity index is 1.54. The van der Waals surface area contributed by atoms with Crippen LogP contribution in [0.15, 0.2) is 54.6 Å². The van der Waals surface area contributed by atoms with Crippen molar-refractivity contribution in [3.05, 3.63) is 71.3 Å². The van der Waals surface area contributed by atoms with Crippen molar-refractivity contribution in [1.29, 1.82) is 0 Å². The van der Waals surface area contributed by atoms with Crippen LogP contribution in [0.1, 0.15) is 34.3 Å². The Labute approximate surface area is 164 Å². The fraction of sp³-hybridized carbons (Fsp3) is 0.318. The molecule has 2 aromatic carbocycles. The second kappa shape index (κ2) is 9.17. The Morgan fingerprint density at radius 2 is 1.64 bits per heavy atom. The Morgan fingerprint density at radius 3 is 2.25 bits per heavy atom. The highest BCUT2D eigenvalue weighted by atomic mass is 16.2. The zero-order valence-corrected chi connectivity index (χ0v) is 16.0. The maximum absolute atomic E-state index is 12.7. The fourth-order valence-corrected chi connectivity index (χ4v) is 3.03. The van der Waals surface area contributed by atoms with Crippen LogP contribution >= 0.6 is 0 Å². The molecule has 146 valence electrons. The summed E-state index contributed by atoms with van der Waals surface area (Å²) in [4.78, 5) is 38.2. The van der Waals surface area contributed by atoms with Crippen LogP contribution in [-0.2, 0) is 22.6 Å². The van der Waals surface area contributed by atoms with E-state index in [1.165, 1.54) is 0 Å². The van der Waals surface area contributed by atoms with E-state index in [1.54, 1.807) is 19.2 Å². The first-order valence-electron chi connectivity index (χ1n) is 9.48.